The number of benzene rings is 1. The van der Waals surface area contributed by atoms with E-state index in [1.54, 1.807) is 4.68 Å². The number of nitrogens with one attached hydrogen (secondary N) is 1. The predicted octanol–water partition coefficient (Wildman–Crippen LogP) is 4.57. The van der Waals surface area contributed by atoms with Crippen LogP contribution in [-0.4, -0.2) is 26.8 Å². The van der Waals surface area contributed by atoms with E-state index >= 15 is 0 Å². The van der Waals surface area contributed by atoms with E-state index in [4.69, 9.17) is 4.74 Å². The Balaban J connectivity index is 1.68. The molecule has 2 heterocycles. The molecule has 2 aliphatic rings. The van der Waals surface area contributed by atoms with Crippen molar-refractivity contribution in [3.05, 3.63) is 53.0 Å². The van der Waals surface area contributed by atoms with E-state index in [1.165, 1.54) is 18.3 Å². The van der Waals surface area contributed by atoms with E-state index < -0.39 is 0 Å². The third-order valence-electron chi connectivity index (χ3n) is 5.76. The molecule has 0 unspecified atom stereocenters. The van der Waals surface area contributed by atoms with Gasteiger partial charge in [0, 0.05) is 5.70 Å². The van der Waals surface area contributed by atoms with Gasteiger partial charge >= 0.3 is 5.97 Å². The maximum Gasteiger partial charge on any atom is 0.338 e. The molecule has 1 N–H and O–H groups in total. The van der Waals surface area contributed by atoms with Crippen LogP contribution in [0, 0.1) is 0 Å². The third kappa shape index (κ3) is 3.55. The molecule has 2 aromatic rings. The second-order valence-corrected chi connectivity index (χ2v) is 8.08. The lowest BCUT2D eigenvalue weighted by Gasteiger charge is -2.30. The van der Waals surface area contributed by atoms with Gasteiger partial charge in [-0.1, -0.05) is 44.5 Å². The van der Waals surface area contributed by atoms with Crippen molar-refractivity contribution < 1.29 is 9.53 Å². The molecule has 6 heteroatoms. The van der Waals surface area contributed by atoms with Crippen molar-refractivity contribution >= 4 is 11.9 Å². The highest BCUT2D eigenvalue weighted by atomic mass is 16.5. The summed E-state index contributed by atoms with van der Waals surface area (Å²) < 4.78 is 7.68. The van der Waals surface area contributed by atoms with Gasteiger partial charge in [-0.2, -0.15) is 10.1 Å². The molecule has 1 aromatic heterocycles. The third-order valence-corrected chi connectivity index (χ3v) is 5.76. The van der Waals surface area contributed by atoms with Gasteiger partial charge in [-0.05, 0) is 49.7 Å². The summed E-state index contributed by atoms with van der Waals surface area (Å²) in [5.41, 5.74) is 3.66. The summed E-state index contributed by atoms with van der Waals surface area (Å²) in [6.07, 6.45) is 6.91. The summed E-state index contributed by atoms with van der Waals surface area (Å²) in [4.78, 5) is 17.5. The Morgan fingerprint density at radius 3 is 2.57 bits per heavy atom. The van der Waals surface area contributed by atoms with E-state index in [-0.39, 0.29) is 18.1 Å². The minimum atomic E-state index is -0.337. The number of ether oxygens (including phenoxy) is 1. The fraction of sp³-hybridized carbons (Fsp3) is 0.500. The van der Waals surface area contributed by atoms with Gasteiger partial charge in [0.1, 0.15) is 18.5 Å². The quantitative estimate of drug-likeness (QED) is 0.787. The SMILES string of the molecule is CC1=C(C(=O)OC2CCCCC2)[C@@H](c2ccc(C(C)C)cc2)n2ncnc2N1. The molecule has 0 spiro atoms. The minimum Gasteiger partial charge on any atom is -0.459 e. The van der Waals surface area contributed by atoms with E-state index in [0.717, 1.165) is 36.9 Å². The maximum atomic E-state index is 13.2. The number of hydrogen-bond donors (Lipinski definition) is 1. The standard InChI is InChI=1S/C22H28N4O2/c1-14(2)16-9-11-17(12-10-16)20-19(15(3)25-22-23-13-24-26(20)22)21(27)28-18-7-5-4-6-8-18/h9-14,18,20H,4-8H2,1-3H3,(H,23,24,25)/t20-/m1/s1. The summed E-state index contributed by atoms with van der Waals surface area (Å²) in [5, 5.41) is 7.59. The zero-order valence-corrected chi connectivity index (χ0v) is 16.8. The number of esters is 1. The van der Waals surface area contributed by atoms with Crippen molar-refractivity contribution in [3.63, 3.8) is 0 Å². The lowest BCUT2D eigenvalue weighted by atomic mass is 9.93. The molecule has 1 atom stereocenters. The van der Waals surface area contributed by atoms with Crippen LogP contribution in [0.4, 0.5) is 5.95 Å². The maximum absolute atomic E-state index is 13.2. The first-order valence-corrected chi connectivity index (χ1v) is 10.2. The lowest BCUT2D eigenvalue weighted by Crippen LogP contribution is -2.32. The molecule has 1 aromatic carbocycles. The molecule has 4 rings (SSSR count). The van der Waals surface area contributed by atoms with Crippen molar-refractivity contribution in [1.29, 1.82) is 0 Å². The number of nitrogens with zero attached hydrogens (tertiary/aromatic N) is 3. The van der Waals surface area contributed by atoms with Crippen molar-refractivity contribution in [1.82, 2.24) is 14.8 Å². The molecule has 1 aliphatic heterocycles. The Labute approximate surface area is 166 Å². The van der Waals surface area contributed by atoms with E-state index in [1.807, 2.05) is 6.92 Å². The zero-order chi connectivity index (χ0) is 19.7. The molecular formula is C22H28N4O2. The number of hydrogen-bond acceptors (Lipinski definition) is 5. The number of fused-ring (bicyclic) bond motifs is 1. The average Bonchev–Trinajstić information content (AvgIpc) is 3.15. The summed E-state index contributed by atoms with van der Waals surface area (Å²) in [5.74, 6) is 0.845. The first kappa shape index (κ1) is 18.7. The van der Waals surface area contributed by atoms with Crippen LogP contribution in [-0.2, 0) is 9.53 Å². The zero-order valence-electron chi connectivity index (χ0n) is 16.8. The first-order chi connectivity index (χ1) is 13.5. The monoisotopic (exact) mass is 380 g/mol. The molecule has 0 radical (unpaired) electrons. The van der Waals surface area contributed by atoms with Crippen molar-refractivity contribution in [3.8, 4) is 0 Å². The lowest BCUT2D eigenvalue weighted by molar-refractivity contribution is -0.146. The normalized spacial score (nSPS) is 20.1. The number of anilines is 1. The number of rotatable bonds is 4. The van der Waals surface area contributed by atoms with Crippen LogP contribution in [0.25, 0.3) is 0 Å². The first-order valence-electron chi connectivity index (χ1n) is 10.2. The van der Waals surface area contributed by atoms with Gasteiger partial charge in [-0.25, -0.2) is 9.48 Å². The molecule has 6 nitrogen and oxygen atoms in total. The molecule has 148 valence electrons. The highest BCUT2D eigenvalue weighted by Gasteiger charge is 2.35. The summed E-state index contributed by atoms with van der Waals surface area (Å²) in [6.45, 7) is 6.25. The van der Waals surface area contributed by atoms with E-state index in [9.17, 15) is 4.79 Å². The van der Waals surface area contributed by atoms with Gasteiger partial charge in [-0.15, -0.1) is 0 Å². The predicted molar refractivity (Wildman–Crippen MR) is 108 cm³/mol. The molecule has 1 saturated carbocycles. The summed E-state index contributed by atoms with van der Waals surface area (Å²) in [7, 11) is 0. The van der Waals surface area contributed by atoms with Crippen LogP contribution < -0.4 is 5.32 Å². The Hall–Kier alpha value is -2.63. The molecule has 1 aliphatic carbocycles. The smallest absolute Gasteiger partial charge is 0.338 e. The second-order valence-electron chi connectivity index (χ2n) is 8.08. The minimum absolute atomic E-state index is 0.0164. The average molecular weight is 380 g/mol. The fourth-order valence-corrected chi connectivity index (χ4v) is 4.12. The summed E-state index contributed by atoms with van der Waals surface area (Å²) in [6, 6.07) is 8.07. The van der Waals surface area contributed by atoms with Gasteiger partial charge in [0.15, 0.2) is 0 Å². The number of aromatic nitrogens is 3. The Morgan fingerprint density at radius 1 is 1.18 bits per heavy atom. The Kier molecular flexibility index (Phi) is 5.20. The molecule has 0 saturated heterocycles. The van der Waals surface area contributed by atoms with Crippen molar-refractivity contribution in [2.24, 2.45) is 0 Å². The van der Waals surface area contributed by atoms with Gasteiger partial charge in [0.25, 0.3) is 0 Å². The largest absolute Gasteiger partial charge is 0.459 e. The molecular weight excluding hydrogens is 352 g/mol. The van der Waals surface area contributed by atoms with E-state index in [2.05, 4.69) is 53.5 Å². The van der Waals surface area contributed by atoms with Crippen LogP contribution in [0.2, 0.25) is 0 Å². The van der Waals surface area contributed by atoms with Crippen LogP contribution >= 0.6 is 0 Å². The van der Waals surface area contributed by atoms with Crippen molar-refractivity contribution in [2.45, 2.75) is 70.9 Å². The van der Waals surface area contributed by atoms with Crippen LogP contribution in [0.3, 0.4) is 0 Å². The second kappa shape index (κ2) is 7.78. The van der Waals surface area contributed by atoms with Crippen LogP contribution in [0.1, 0.15) is 76.0 Å². The fourth-order valence-electron chi connectivity index (χ4n) is 4.12. The van der Waals surface area contributed by atoms with E-state index in [0.29, 0.717) is 17.4 Å². The number of allylic oxidation sites excluding steroid dienone is 1. The summed E-state index contributed by atoms with van der Waals surface area (Å²) >= 11 is 0. The number of carbonyl (C=O) groups is 1. The Bertz CT molecular complexity index is 876. The van der Waals surface area contributed by atoms with Crippen LogP contribution in [0.5, 0.6) is 0 Å². The van der Waals surface area contributed by atoms with Gasteiger partial charge in [0.2, 0.25) is 5.95 Å². The van der Waals surface area contributed by atoms with Crippen molar-refractivity contribution in [2.75, 3.05) is 5.32 Å². The highest BCUT2D eigenvalue weighted by molar-refractivity contribution is 5.92. The van der Waals surface area contributed by atoms with Crippen LogP contribution in [0.15, 0.2) is 41.9 Å². The van der Waals surface area contributed by atoms with Gasteiger partial charge in [0.05, 0.1) is 5.57 Å². The van der Waals surface area contributed by atoms with Gasteiger partial charge in [-0.3, -0.25) is 0 Å². The highest BCUT2D eigenvalue weighted by Crippen LogP contribution is 2.36. The topological polar surface area (TPSA) is 69.0 Å². The molecule has 28 heavy (non-hydrogen) atoms. The molecule has 1 fully saturated rings. The van der Waals surface area contributed by atoms with Gasteiger partial charge < -0.3 is 10.1 Å². The number of carbonyl (C=O) groups excluding carboxylic acids is 1. The molecule has 0 amide bonds. The molecule has 0 bridgehead atoms. The Morgan fingerprint density at radius 2 is 1.89 bits per heavy atom.